The van der Waals surface area contributed by atoms with E-state index in [0.29, 0.717) is 13.0 Å². The number of benzene rings is 1. The first-order valence-electron chi connectivity index (χ1n) is 7.17. The molecule has 1 heterocycles. The van der Waals surface area contributed by atoms with E-state index < -0.39 is 6.04 Å². The third-order valence-electron chi connectivity index (χ3n) is 4.08. The van der Waals surface area contributed by atoms with Crippen molar-refractivity contribution >= 4 is 5.91 Å². The molecule has 1 fully saturated rings. The first kappa shape index (κ1) is 15.0. The summed E-state index contributed by atoms with van der Waals surface area (Å²) in [7, 11) is 1.71. The maximum absolute atomic E-state index is 12.5. The minimum Gasteiger partial charge on any atom is -0.377 e. The molecular weight excluding hydrogens is 252 g/mol. The zero-order valence-corrected chi connectivity index (χ0v) is 12.3. The highest BCUT2D eigenvalue weighted by Gasteiger charge is 2.34. The van der Waals surface area contributed by atoms with Crippen molar-refractivity contribution in [1.29, 1.82) is 0 Å². The average molecular weight is 276 g/mol. The number of likely N-dealkylation sites (tertiary alicyclic amines) is 1. The van der Waals surface area contributed by atoms with Crippen molar-refractivity contribution in [3.8, 4) is 0 Å². The number of nitrogens with zero attached hydrogens (tertiary/aromatic N) is 1. The van der Waals surface area contributed by atoms with Crippen LogP contribution in [0.5, 0.6) is 0 Å². The van der Waals surface area contributed by atoms with Crippen LogP contribution in [0.25, 0.3) is 0 Å². The second-order valence-electron chi connectivity index (χ2n) is 5.81. The summed E-state index contributed by atoms with van der Waals surface area (Å²) in [6.45, 7) is 3.46. The van der Waals surface area contributed by atoms with Crippen LogP contribution < -0.4 is 5.73 Å². The summed E-state index contributed by atoms with van der Waals surface area (Å²) in [4.78, 5) is 14.3. The van der Waals surface area contributed by atoms with Crippen LogP contribution in [-0.4, -0.2) is 42.6 Å². The highest BCUT2D eigenvalue weighted by Crippen LogP contribution is 2.24. The van der Waals surface area contributed by atoms with Crippen molar-refractivity contribution in [3.05, 3.63) is 35.9 Å². The van der Waals surface area contributed by atoms with Gasteiger partial charge in [0.25, 0.3) is 0 Å². The van der Waals surface area contributed by atoms with Crippen molar-refractivity contribution in [2.75, 3.05) is 20.2 Å². The molecule has 2 atom stereocenters. The van der Waals surface area contributed by atoms with Gasteiger partial charge in [0.15, 0.2) is 0 Å². The molecule has 1 aromatic carbocycles. The zero-order valence-electron chi connectivity index (χ0n) is 12.3. The number of hydrogen-bond donors (Lipinski definition) is 1. The molecule has 1 aromatic rings. The lowest BCUT2D eigenvalue weighted by Crippen LogP contribution is -2.54. The molecule has 0 radical (unpaired) electrons. The summed E-state index contributed by atoms with van der Waals surface area (Å²) < 4.78 is 5.52. The first-order chi connectivity index (χ1) is 9.54. The minimum absolute atomic E-state index is 0.0248. The lowest BCUT2D eigenvalue weighted by Gasteiger charge is -2.40. The van der Waals surface area contributed by atoms with Crippen LogP contribution in [0.1, 0.15) is 25.3 Å². The smallest absolute Gasteiger partial charge is 0.239 e. The van der Waals surface area contributed by atoms with Crippen molar-refractivity contribution < 1.29 is 9.53 Å². The standard InChI is InChI=1S/C16H24N2O2/c1-16(20-2)9-6-10-18(12-16)15(19)14(17)11-13-7-4-3-5-8-13/h3-5,7-8,14H,6,9-12,17H2,1-2H3/t14-,16?/m0/s1. The Morgan fingerprint density at radius 3 is 2.80 bits per heavy atom. The summed E-state index contributed by atoms with van der Waals surface area (Å²) in [6, 6.07) is 9.43. The quantitative estimate of drug-likeness (QED) is 0.908. The summed E-state index contributed by atoms with van der Waals surface area (Å²) >= 11 is 0. The van der Waals surface area contributed by atoms with Gasteiger partial charge in [-0.1, -0.05) is 30.3 Å². The van der Waals surface area contributed by atoms with Crippen LogP contribution in [0.2, 0.25) is 0 Å². The number of piperidine rings is 1. The number of ether oxygens (including phenoxy) is 1. The number of carbonyl (C=O) groups excluding carboxylic acids is 1. The maximum Gasteiger partial charge on any atom is 0.239 e. The summed E-state index contributed by atoms with van der Waals surface area (Å²) in [5.74, 6) is 0.0248. The third-order valence-corrected chi connectivity index (χ3v) is 4.08. The maximum atomic E-state index is 12.5. The molecule has 2 N–H and O–H groups in total. The molecule has 1 aliphatic rings. The van der Waals surface area contributed by atoms with Crippen LogP contribution >= 0.6 is 0 Å². The molecule has 1 aliphatic heterocycles. The molecule has 0 spiro atoms. The van der Waals surface area contributed by atoms with Gasteiger partial charge in [-0.15, -0.1) is 0 Å². The van der Waals surface area contributed by atoms with E-state index in [1.807, 2.05) is 35.2 Å². The molecule has 110 valence electrons. The Kier molecular flexibility index (Phi) is 4.78. The summed E-state index contributed by atoms with van der Waals surface area (Å²) in [6.07, 6.45) is 2.54. The van der Waals surface area contributed by atoms with E-state index in [4.69, 9.17) is 10.5 Å². The highest BCUT2D eigenvalue weighted by atomic mass is 16.5. The SMILES string of the molecule is COC1(C)CCCN(C(=O)[C@@H](N)Cc2ccccc2)C1. The van der Waals surface area contributed by atoms with Crippen LogP contribution in [0.15, 0.2) is 30.3 Å². The van der Waals surface area contributed by atoms with E-state index in [1.54, 1.807) is 7.11 Å². The van der Waals surface area contributed by atoms with Crippen LogP contribution in [0.3, 0.4) is 0 Å². The Bertz CT molecular complexity index is 449. The molecule has 0 bridgehead atoms. The summed E-state index contributed by atoms with van der Waals surface area (Å²) in [5, 5.41) is 0. The Hall–Kier alpha value is -1.39. The topological polar surface area (TPSA) is 55.6 Å². The number of carbonyl (C=O) groups is 1. The Morgan fingerprint density at radius 2 is 2.15 bits per heavy atom. The van der Waals surface area contributed by atoms with Gasteiger partial charge >= 0.3 is 0 Å². The predicted octanol–water partition coefficient (Wildman–Crippen LogP) is 1.58. The summed E-state index contributed by atoms with van der Waals surface area (Å²) in [5.41, 5.74) is 6.94. The number of amides is 1. The second kappa shape index (κ2) is 6.37. The van der Waals surface area contributed by atoms with Gasteiger partial charge in [-0.05, 0) is 31.7 Å². The fourth-order valence-corrected chi connectivity index (χ4v) is 2.75. The highest BCUT2D eigenvalue weighted by molar-refractivity contribution is 5.82. The van der Waals surface area contributed by atoms with Crippen LogP contribution in [0.4, 0.5) is 0 Å². The Balaban J connectivity index is 1.96. The fourth-order valence-electron chi connectivity index (χ4n) is 2.75. The normalized spacial score (nSPS) is 24.4. The minimum atomic E-state index is -0.475. The van der Waals surface area contributed by atoms with Crippen molar-refractivity contribution in [1.82, 2.24) is 4.90 Å². The average Bonchev–Trinajstić information content (AvgIpc) is 2.47. The molecule has 1 saturated heterocycles. The van der Waals surface area contributed by atoms with Gasteiger partial charge in [0.1, 0.15) is 0 Å². The van der Waals surface area contributed by atoms with Gasteiger partial charge in [-0.25, -0.2) is 0 Å². The largest absolute Gasteiger partial charge is 0.377 e. The number of nitrogens with two attached hydrogens (primary N) is 1. The molecule has 0 aliphatic carbocycles. The molecular formula is C16H24N2O2. The molecule has 2 rings (SSSR count). The molecule has 1 amide bonds. The van der Waals surface area contributed by atoms with E-state index >= 15 is 0 Å². The fraction of sp³-hybridized carbons (Fsp3) is 0.562. The number of rotatable bonds is 4. The van der Waals surface area contributed by atoms with Gasteiger partial charge in [-0.2, -0.15) is 0 Å². The van der Waals surface area contributed by atoms with Crippen molar-refractivity contribution in [2.45, 2.75) is 37.8 Å². The zero-order chi connectivity index (χ0) is 14.6. The predicted molar refractivity (Wildman–Crippen MR) is 79.3 cm³/mol. The van der Waals surface area contributed by atoms with Gasteiger partial charge in [-0.3, -0.25) is 4.79 Å². The molecule has 20 heavy (non-hydrogen) atoms. The van der Waals surface area contributed by atoms with E-state index in [9.17, 15) is 4.79 Å². The lowest BCUT2D eigenvalue weighted by atomic mass is 9.94. The van der Waals surface area contributed by atoms with E-state index in [-0.39, 0.29) is 11.5 Å². The number of hydrogen-bond acceptors (Lipinski definition) is 3. The van der Waals surface area contributed by atoms with E-state index in [1.165, 1.54) is 0 Å². The van der Waals surface area contributed by atoms with Gasteiger partial charge < -0.3 is 15.4 Å². The van der Waals surface area contributed by atoms with Crippen LogP contribution in [-0.2, 0) is 16.0 Å². The van der Waals surface area contributed by atoms with E-state index in [0.717, 1.165) is 24.9 Å². The molecule has 4 heteroatoms. The van der Waals surface area contributed by atoms with E-state index in [2.05, 4.69) is 6.92 Å². The van der Waals surface area contributed by atoms with Crippen molar-refractivity contribution in [3.63, 3.8) is 0 Å². The third kappa shape index (κ3) is 3.58. The monoisotopic (exact) mass is 276 g/mol. The Labute approximate surface area is 120 Å². The van der Waals surface area contributed by atoms with Crippen molar-refractivity contribution in [2.24, 2.45) is 5.73 Å². The Morgan fingerprint density at radius 1 is 1.45 bits per heavy atom. The molecule has 1 unspecified atom stereocenters. The number of methoxy groups -OCH3 is 1. The van der Waals surface area contributed by atoms with Crippen LogP contribution in [0, 0.1) is 0 Å². The lowest BCUT2D eigenvalue weighted by molar-refractivity contribution is -0.140. The second-order valence-corrected chi connectivity index (χ2v) is 5.81. The molecule has 0 saturated carbocycles. The first-order valence-corrected chi connectivity index (χ1v) is 7.17. The van der Waals surface area contributed by atoms with Gasteiger partial charge in [0.05, 0.1) is 11.6 Å². The van der Waals surface area contributed by atoms with Gasteiger partial charge in [0, 0.05) is 20.2 Å². The molecule has 0 aromatic heterocycles. The van der Waals surface area contributed by atoms with Gasteiger partial charge in [0.2, 0.25) is 5.91 Å². The molecule has 4 nitrogen and oxygen atoms in total.